The number of fused-ring (bicyclic) bond motifs is 1. The highest BCUT2D eigenvalue weighted by Gasteiger charge is 2.29. The predicted octanol–water partition coefficient (Wildman–Crippen LogP) is 3.84. The topological polar surface area (TPSA) is 95.8 Å². The number of carboxylic acid groups (broad SMARTS) is 1. The van der Waals surface area contributed by atoms with Crippen LogP contribution in [0.5, 0.6) is 0 Å². The van der Waals surface area contributed by atoms with Gasteiger partial charge in [-0.2, -0.15) is 4.72 Å². The van der Waals surface area contributed by atoms with E-state index in [9.17, 15) is 18.3 Å². The van der Waals surface area contributed by atoms with Crippen molar-refractivity contribution in [3.8, 4) is 11.8 Å². The Balaban J connectivity index is 1.46. The summed E-state index contributed by atoms with van der Waals surface area (Å²) in [5, 5.41) is 9.63. The average molecular weight is 465 g/mol. The SMILES string of the molecule is O=C(O)C(CC1C=Nc2ccccc2C1)NS(=O)(=O)c1ccc(C#Cc2ccccc2)s1. The van der Waals surface area contributed by atoms with Gasteiger partial charge < -0.3 is 5.11 Å². The molecule has 0 saturated carbocycles. The van der Waals surface area contributed by atoms with E-state index in [0.29, 0.717) is 11.3 Å². The number of nitrogens with one attached hydrogen (secondary N) is 1. The van der Waals surface area contributed by atoms with Crippen LogP contribution in [0.25, 0.3) is 0 Å². The molecule has 162 valence electrons. The van der Waals surface area contributed by atoms with Gasteiger partial charge in [0.15, 0.2) is 0 Å². The average Bonchev–Trinajstić information content (AvgIpc) is 3.28. The van der Waals surface area contributed by atoms with E-state index in [-0.39, 0.29) is 16.5 Å². The van der Waals surface area contributed by atoms with Crippen LogP contribution in [-0.2, 0) is 21.2 Å². The summed E-state index contributed by atoms with van der Waals surface area (Å²) in [6.45, 7) is 0. The van der Waals surface area contributed by atoms with Crippen LogP contribution in [0.15, 0.2) is 75.9 Å². The van der Waals surface area contributed by atoms with Crippen LogP contribution in [-0.4, -0.2) is 31.8 Å². The van der Waals surface area contributed by atoms with E-state index in [0.717, 1.165) is 28.2 Å². The zero-order valence-corrected chi connectivity index (χ0v) is 18.6. The van der Waals surface area contributed by atoms with Crippen molar-refractivity contribution in [3.05, 3.63) is 82.7 Å². The third-order valence-electron chi connectivity index (χ3n) is 4.98. The van der Waals surface area contributed by atoms with Crippen molar-refractivity contribution in [1.29, 1.82) is 0 Å². The minimum Gasteiger partial charge on any atom is -0.480 e. The predicted molar refractivity (Wildman–Crippen MR) is 125 cm³/mol. The highest BCUT2D eigenvalue weighted by Crippen LogP contribution is 2.28. The normalized spacial score (nSPS) is 15.9. The van der Waals surface area contributed by atoms with Gasteiger partial charge in [0.25, 0.3) is 10.0 Å². The number of carboxylic acids is 1. The van der Waals surface area contributed by atoms with Crippen molar-refractivity contribution in [2.45, 2.75) is 23.1 Å². The van der Waals surface area contributed by atoms with E-state index in [2.05, 4.69) is 21.6 Å². The van der Waals surface area contributed by atoms with E-state index in [4.69, 9.17) is 0 Å². The van der Waals surface area contributed by atoms with Gasteiger partial charge in [-0.15, -0.1) is 11.3 Å². The highest BCUT2D eigenvalue weighted by atomic mass is 32.2. The third kappa shape index (κ3) is 5.32. The maximum Gasteiger partial charge on any atom is 0.321 e. The number of carbonyl (C=O) groups is 1. The summed E-state index contributed by atoms with van der Waals surface area (Å²) in [5.41, 5.74) is 2.70. The molecular weight excluding hydrogens is 444 g/mol. The molecule has 0 aliphatic carbocycles. The number of thiophene rings is 1. The van der Waals surface area contributed by atoms with Gasteiger partial charge in [0.1, 0.15) is 10.3 Å². The third-order valence-corrected chi connectivity index (χ3v) is 7.95. The molecule has 1 aliphatic rings. The maximum atomic E-state index is 12.8. The van der Waals surface area contributed by atoms with E-state index in [1.165, 1.54) is 6.07 Å². The minimum absolute atomic E-state index is 0.0313. The number of sulfonamides is 1. The van der Waals surface area contributed by atoms with Crippen LogP contribution in [0.4, 0.5) is 5.69 Å². The first kappa shape index (κ1) is 22.0. The van der Waals surface area contributed by atoms with Gasteiger partial charge in [0.2, 0.25) is 0 Å². The van der Waals surface area contributed by atoms with Gasteiger partial charge in [-0.05, 0) is 48.7 Å². The second-order valence-corrected chi connectivity index (χ2v) is 10.4. The number of hydrogen-bond acceptors (Lipinski definition) is 5. The molecule has 1 aromatic heterocycles. The molecule has 0 radical (unpaired) electrons. The van der Waals surface area contributed by atoms with Crippen molar-refractivity contribution in [1.82, 2.24) is 4.72 Å². The van der Waals surface area contributed by atoms with Crippen LogP contribution >= 0.6 is 11.3 Å². The number of nitrogens with zero attached hydrogens (tertiary/aromatic N) is 1. The quantitative estimate of drug-likeness (QED) is 0.542. The van der Waals surface area contributed by atoms with Gasteiger partial charge in [-0.1, -0.05) is 48.2 Å². The largest absolute Gasteiger partial charge is 0.480 e. The lowest BCUT2D eigenvalue weighted by atomic mass is 9.91. The Labute approximate surface area is 190 Å². The molecule has 0 spiro atoms. The summed E-state index contributed by atoms with van der Waals surface area (Å²) in [6, 6.07) is 18.8. The molecule has 32 heavy (non-hydrogen) atoms. The van der Waals surface area contributed by atoms with Crippen LogP contribution in [0.2, 0.25) is 0 Å². The van der Waals surface area contributed by atoms with Gasteiger partial charge in [-0.3, -0.25) is 9.79 Å². The van der Waals surface area contributed by atoms with E-state index in [1.807, 2.05) is 54.6 Å². The lowest BCUT2D eigenvalue weighted by molar-refractivity contribution is -0.139. The van der Waals surface area contributed by atoms with Gasteiger partial charge in [0, 0.05) is 17.7 Å². The van der Waals surface area contributed by atoms with Crippen molar-refractivity contribution in [2.75, 3.05) is 0 Å². The number of rotatable bonds is 6. The Morgan fingerprint density at radius 2 is 1.84 bits per heavy atom. The Morgan fingerprint density at radius 1 is 1.09 bits per heavy atom. The van der Waals surface area contributed by atoms with Crippen molar-refractivity contribution >= 4 is 39.2 Å². The number of benzene rings is 2. The zero-order chi connectivity index (χ0) is 22.6. The lowest BCUT2D eigenvalue weighted by Crippen LogP contribution is -2.42. The van der Waals surface area contributed by atoms with E-state index < -0.39 is 22.0 Å². The molecular formula is C24H20N2O4S2. The molecule has 2 atom stereocenters. The molecule has 1 aliphatic heterocycles. The lowest BCUT2D eigenvalue weighted by Gasteiger charge is -2.22. The van der Waals surface area contributed by atoms with Crippen molar-refractivity contribution in [2.24, 2.45) is 10.9 Å². The number of aliphatic imine (C=N–C) groups is 1. The summed E-state index contributed by atoms with van der Waals surface area (Å²) < 4.78 is 28.0. The van der Waals surface area contributed by atoms with Gasteiger partial charge >= 0.3 is 5.97 Å². The van der Waals surface area contributed by atoms with Crippen LogP contribution in [0.3, 0.4) is 0 Å². The first-order chi connectivity index (χ1) is 15.4. The first-order valence-corrected chi connectivity index (χ1v) is 12.2. The summed E-state index contributed by atoms with van der Waals surface area (Å²) in [4.78, 5) is 16.8. The fourth-order valence-corrected chi connectivity index (χ4v) is 5.79. The summed E-state index contributed by atoms with van der Waals surface area (Å²) in [6.07, 6.45) is 2.43. The molecule has 6 nitrogen and oxygen atoms in total. The molecule has 0 bridgehead atoms. The monoisotopic (exact) mass is 464 g/mol. The first-order valence-electron chi connectivity index (χ1n) is 9.95. The minimum atomic E-state index is -4.00. The number of para-hydroxylation sites is 1. The number of hydrogen-bond donors (Lipinski definition) is 2. The smallest absolute Gasteiger partial charge is 0.321 e. The molecule has 8 heteroatoms. The molecule has 2 heterocycles. The molecule has 2 unspecified atom stereocenters. The molecule has 0 saturated heterocycles. The second-order valence-electron chi connectivity index (χ2n) is 7.35. The Bertz CT molecular complexity index is 1320. The second kappa shape index (κ2) is 9.49. The molecule has 0 fully saturated rings. The van der Waals surface area contributed by atoms with Crippen LogP contribution in [0.1, 0.15) is 22.4 Å². The molecule has 4 rings (SSSR count). The van der Waals surface area contributed by atoms with E-state index in [1.54, 1.807) is 12.3 Å². The van der Waals surface area contributed by atoms with Gasteiger partial charge in [0.05, 0.1) is 10.6 Å². The van der Waals surface area contributed by atoms with Crippen molar-refractivity contribution in [3.63, 3.8) is 0 Å². The maximum absolute atomic E-state index is 12.8. The fourth-order valence-electron chi connectivity index (χ4n) is 3.41. The summed E-state index contributed by atoms with van der Waals surface area (Å²) >= 11 is 1.01. The Morgan fingerprint density at radius 3 is 2.62 bits per heavy atom. The van der Waals surface area contributed by atoms with Crippen LogP contribution in [0, 0.1) is 17.8 Å². The van der Waals surface area contributed by atoms with Crippen LogP contribution < -0.4 is 4.72 Å². The molecule has 3 aromatic rings. The summed E-state index contributed by atoms with van der Waals surface area (Å²) in [5.74, 6) is 4.53. The zero-order valence-electron chi connectivity index (χ0n) is 16.9. The molecule has 0 amide bonds. The number of aliphatic carboxylic acids is 1. The Kier molecular flexibility index (Phi) is 6.51. The Hall–Kier alpha value is -3.25. The molecule has 2 N–H and O–H groups in total. The summed E-state index contributed by atoms with van der Waals surface area (Å²) in [7, 11) is -4.00. The highest BCUT2D eigenvalue weighted by molar-refractivity contribution is 7.91. The fraction of sp³-hybridized carbons (Fsp3) is 0.167. The standard InChI is InChI=1S/C24H20N2O4S2/c27-24(28)22(15-18-14-19-8-4-5-9-21(19)25-16-18)26-32(29,30)23-13-12-20(31-23)11-10-17-6-2-1-3-7-17/h1-9,12-13,16,18,22,26H,14-15H2,(H,27,28). The molecule has 2 aromatic carbocycles. The van der Waals surface area contributed by atoms with Crippen molar-refractivity contribution < 1.29 is 18.3 Å². The van der Waals surface area contributed by atoms with Gasteiger partial charge in [-0.25, -0.2) is 8.42 Å². The van der Waals surface area contributed by atoms with E-state index >= 15 is 0 Å².